The Kier molecular flexibility index (Phi) is 5.71. The van der Waals surface area contributed by atoms with Crippen molar-refractivity contribution in [1.29, 1.82) is 0 Å². The molecule has 0 radical (unpaired) electrons. The highest BCUT2D eigenvalue weighted by Crippen LogP contribution is 2.26. The fraction of sp³-hybridized carbons (Fsp3) is 0.381. The van der Waals surface area contributed by atoms with Gasteiger partial charge in [0.05, 0.1) is 6.10 Å². The SMILES string of the molecule is Cc1c(NC[C@@H]2CCO[C@H](C)C2)cccc1NC(=O)c1ccccc1. The van der Waals surface area contributed by atoms with E-state index in [2.05, 4.69) is 23.6 Å². The van der Waals surface area contributed by atoms with Gasteiger partial charge < -0.3 is 15.4 Å². The number of benzene rings is 2. The topological polar surface area (TPSA) is 50.4 Å². The molecule has 25 heavy (non-hydrogen) atoms. The van der Waals surface area contributed by atoms with Gasteiger partial charge in [0.2, 0.25) is 0 Å². The Morgan fingerprint density at radius 3 is 2.64 bits per heavy atom. The molecule has 0 unspecified atom stereocenters. The Morgan fingerprint density at radius 2 is 1.88 bits per heavy atom. The molecule has 3 rings (SSSR count). The maximum absolute atomic E-state index is 12.4. The van der Waals surface area contributed by atoms with Crippen molar-refractivity contribution in [3.63, 3.8) is 0 Å². The van der Waals surface area contributed by atoms with E-state index in [0.717, 1.165) is 42.9 Å². The summed E-state index contributed by atoms with van der Waals surface area (Å²) in [5.41, 5.74) is 3.65. The lowest BCUT2D eigenvalue weighted by Gasteiger charge is -2.28. The molecule has 1 aliphatic rings. The standard InChI is InChI=1S/C21H26N2O2/c1-15-13-17(11-12-25-15)14-22-19-9-6-10-20(16(19)2)23-21(24)18-7-4-3-5-8-18/h3-10,15,17,22H,11-14H2,1-2H3,(H,23,24)/t15-,17-/m1/s1. The number of hydrogen-bond donors (Lipinski definition) is 2. The summed E-state index contributed by atoms with van der Waals surface area (Å²) >= 11 is 0. The Morgan fingerprint density at radius 1 is 1.12 bits per heavy atom. The van der Waals surface area contributed by atoms with Crippen LogP contribution < -0.4 is 10.6 Å². The summed E-state index contributed by atoms with van der Waals surface area (Å²) in [6.07, 6.45) is 2.54. The molecular weight excluding hydrogens is 312 g/mol. The molecule has 1 fully saturated rings. The molecule has 1 heterocycles. The normalized spacial score (nSPS) is 20.1. The van der Waals surface area contributed by atoms with E-state index in [4.69, 9.17) is 4.74 Å². The van der Waals surface area contributed by atoms with Crippen LogP contribution in [-0.4, -0.2) is 25.2 Å². The highest BCUT2D eigenvalue weighted by atomic mass is 16.5. The van der Waals surface area contributed by atoms with Crippen molar-refractivity contribution in [2.45, 2.75) is 32.8 Å². The second kappa shape index (κ2) is 8.17. The first-order valence-electron chi connectivity index (χ1n) is 8.95. The number of carbonyl (C=O) groups is 1. The second-order valence-electron chi connectivity index (χ2n) is 6.75. The molecule has 2 aromatic rings. The molecule has 0 aliphatic carbocycles. The van der Waals surface area contributed by atoms with Crippen LogP contribution in [0, 0.1) is 12.8 Å². The predicted octanol–water partition coefficient (Wildman–Crippen LogP) is 4.47. The number of hydrogen-bond acceptors (Lipinski definition) is 3. The lowest BCUT2D eigenvalue weighted by molar-refractivity contribution is 0.00558. The van der Waals surface area contributed by atoms with E-state index in [-0.39, 0.29) is 5.91 Å². The minimum atomic E-state index is -0.0842. The van der Waals surface area contributed by atoms with Crippen LogP contribution in [0.25, 0.3) is 0 Å². The number of nitrogens with one attached hydrogen (secondary N) is 2. The van der Waals surface area contributed by atoms with Crippen molar-refractivity contribution >= 4 is 17.3 Å². The van der Waals surface area contributed by atoms with Crippen molar-refractivity contribution < 1.29 is 9.53 Å². The van der Waals surface area contributed by atoms with Crippen LogP contribution in [0.15, 0.2) is 48.5 Å². The van der Waals surface area contributed by atoms with Gasteiger partial charge >= 0.3 is 0 Å². The van der Waals surface area contributed by atoms with Crippen LogP contribution in [-0.2, 0) is 4.74 Å². The van der Waals surface area contributed by atoms with Gasteiger partial charge in [-0.3, -0.25) is 4.79 Å². The maximum atomic E-state index is 12.4. The highest BCUT2D eigenvalue weighted by molar-refractivity contribution is 6.04. The second-order valence-corrected chi connectivity index (χ2v) is 6.75. The van der Waals surface area contributed by atoms with E-state index in [1.165, 1.54) is 0 Å². The van der Waals surface area contributed by atoms with Crippen LogP contribution in [0.3, 0.4) is 0 Å². The summed E-state index contributed by atoms with van der Waals surface area (Å²) in [4.78, 5) is 12.4. The van der Waals surface area contributed by atoms with Gasteiger partial charge in [0.1, 0.15) is 0 Å². The molecule has 1 aliphatic heterocycles. The van der Waals surface area contributed by atoms with Crippen LogP contribution in [0.4, 0.5) is 11.4 Å². The number of ether oxygens (including phenoxy) is 1. The molecule has 4 nitrogen and oxygen atoms in total. The van der Waals surface area contributed by atoms with Gasteiger partial charge in [-0.05, 0) is 62.4 Å². The smallest absolute Gasteiger partial charge is 0.255 e. The largest absolute Gasteiger partial charge is 0.384 e. The van der Waals surface area contributed by atoms with Crippen molar-refractivity contribution in [1.82, 2.24) is 0 Å². The molecule has 4 heteroatoms. The van der Waals surface area contributed by atoms with E-state index in [1.807, 2.05) is 49.4 Å². The molecule has 1 amide bonds. The van der Waals surface area contributed by atoms with E-state index in [9.17, 15) is 4.79 Å². The summed E-state index contributed by atoms with van der Waals surface area (Å²) in [5.74, 6) is 0.546. The lowest BCUT2D eigenvalue weighted by Crippen LogP contribution is -2.27. The highest BCUT2D eigenvalue weighted by Gasteiger charge is 2.19. The van der Waals surface area contributed by atoms with E-state index in [1.54, 1.807) is 0 Å². The molecule has 2 atom stereocenters. The van der Waals surface area contributed by atoms with Gasteiger partial charge in [-0.15, -0.1) is 0 Å². The molecule has 0 aromatic heterocycles. The summed E-state index contributed by atoms with van der Waals surface area (Å²) in [6, 6.07) is 15.3. The molecule has 0 spiro atoms. The first-order valence-corrected chi connectivity index (χ1v) is 8.95. The molecule has 2 N–H and O–H groups in total. The van der Waals surface area contributed by atoms with E-state index >= 15 is 0 Å². The van der Waals surface area contributed by atoms with Gasteiger partial charge in [-0.1, -0.05) is 24.3 Å². The van der Waals surface area contributed by atoms with Gasteiger partial charge in [0.15, 0.2) is 0 Å². The molecule has 0 saturated carbocycles. The van der Waals surface area contributed by atoms with Gasteiger partial charge in [0, 0.05) is 30.1 Å². The monoisotopic (exact) mass is 338 g/mol. The Labute approximate surface area is 149 Å². The first-order chi connectivity index (χ1) is 12.1. The quantitative estimate of drug-likeness (QED) is 0.845. The van der Waals surface area contributed by atoms with Crippen LogP contribution >= 0.6 is 0 Å². The van der Waals surface area contributed by atoms with Crippen molar-refractivity contribution in [2.75, 3.05) is 23.8 Å². The lowest BCUT2D eigenvalue weighted by atomic mass is 9.96. The Hall–Kier alpha value is -2.33. The maximum Gasteiger partial charge on any atom is 0.255 e. The minimum Gasteiger partial charge on any atom is -0.384 e. The summed E-state index contributed by atoms with van der Waals surface area (Å²) in [5, 5.41) is 6.56. The molecule has 0 bridgehead atoms. The Balaban J connectivity index is 1.64. The predicted molar refractivity (Wildman–Crippen MR) is 102 cm³/mol. The first kappa shape index (κ1) is 17.5. The molecule has 2 aromatic carbocycles. The summed E-state index contributed by atoms with van der Waals surface area (Å²) < 4.78 is 5.61. The fourth-order valence-corrected chi connectivity index (χ4v) is 3.28. The number of rotatable bonds is 5. The Bertz CT molecular complexity index is 715. The van der Waals surface area contributed by atoms with E-state index in [0.29, 0.717) is 17.6 Å². The minimum absolute atomic E-state index is 0.0842. The third-order valence-electron chi connectivity index (χ3n) is 4.79. The third kappa shape index (κ3) is 4.60. The van der Waals surface area contributed by atoms with Gasteiger partial charge in [0.25, 0.3) is 5.91 Å². The fourth-order valence-electron chi connectivity index (χ4n) is 3.28. The van der Waals surface area contributed by atoms with Crippen molar-refractivity contribution in [3.05, 3.63) is 59.7 Å². The van der Waals surface area contributed by atoms with Gasteiger partial charge in [-0.2, -0.15) is 0 Å². The van der Waals surface area contributed by atoms with Gasteiger partial charge in [-0.25, -0.2) is 0 Å². The number of carbonyl (C=O) groups excluding carboxylic acids is 1. The molecular formula is C21H26N2O2. The zero-order chi connectivity index (χ0) is 17.6. The molecule has 132 valence electrons. The zero-order valence-electron chi connectivity index (χ0n) is 14.9. The number of amides is 1. The average Bonchev–Trinajstić information content (AvgIpc) is 2.63. The number of anilines is 2. The third-order valence-corrected chi connectivity index (χ3v) is 4.79. The van der Waals surface area contributed by atoms with Crippen LogP contribution in [0.2, 0.25) is 0 Å². The van der Waals surface area contributed by atoms with Crippen LogP contribution in [0.1, 0.15) is 35.7 Å². The summed E-state index contributed by atoms with van der Waals surface area (Å²) in [7, 11) is 0. The average molecular weight is 338 g/mol. The van der Waals surface area contributed by atoms with Crippen LogP contribution in [0.5, 0.6) is 0 Å². The zero-order valence-corrected chi connectivity index (χ0v) is 14.9. The van der Waals surface area contributed by atoms with E-state index < -0.39 is 0 Å². The van der Waals surface area contributed by atoms with Crippen molar-refractivity contribution in [3.8, 4) is 0 Å². The summed E-state index contributed by atoms with van der Waals surface area (Å²) in [6.45, 7) is 5.96. The van der Waals surface area contributed by atoms with Crippen molar-refractivity contribution in [2.24, 2.45) is 5.92 Å². The molecule has 1 saturated heterocycles.